The van der Waals surface area contributed by atoms with Gasteiger partial charge in [-0.1, -0.05) is 224 Å². The standard InChI is InChI=1S/C81H49N9/c1-6-24-50(25-7-1)79-82-80(89-70-41-23-19-37-58(70)62-45-47-64-63-46-42-59-55-34-16-20-38-67(55)85(51-26-8-2-9-27-51)71(59)74(63)88(75(64)76(62)89)54-32-14-5-15-33-54)84-81(83-79)90-77-65(48-43-60-56-35-17-21-39-68(56)86(72(60)77)52-28-10-3-11-29-52)66-49-44-61-57-36-18-22-40-69(57)87(73(61)78(66)90)53-30-12-4-13-31-53/h1-49H. The van der Waals surface area contributed by atoms with Gasteiger partial charge in [-0.15, -0.1) is 0 Å². The lowest BCUT2D eigenvalue weighted by Crippen LogP contribution is -2.11. The molecule has 0 bridgehead atoms. The summed E-state index contributed by atoms with van der Waals surface area (Å²) in [7, 11) is 0. The third kappa shape index (κ3) is 6.66. The second-order valence-corrected chi connectivity index (χ2v) is 23.5. The summed E-state index contributed by atoms with van der Waals surface area (Å²) in [5, 5.41) is 13.5. The van der Waals surface area contributed by atoms with Gasteiger partial charge < -0.3 is 18.3 Å². The molecule has 0 saturated heterocycles. The fourth-order valence-electron chi connectivity index (χ4n) is 15.2. The Balaban J connectivity index is 1.00. The molecule has 0 saturated carbocycles. The molecule has 0 aliphatic heterocycles. The zero-order valence-corrected chi connectivity index (χ0v) is 48.3. The summed E-state index contributed by atoms with van der Waals surface area (Å²) >= 11 is 0. The van der Waals surface area contributed by atoms with Crippen LogP contribution in [0.4, 0.5) is 0 Å². The number of fused-ring (bicyclic) bond motifs is 22. The Labute approximate surface area is 513 Å². The Hall–Kier alpha value is -12.3. The van der Waals surface area contributed by atoms with Gasteiger partial charge in [0.15, 0.2) is 5.82 Å². The van der Waals surface area contributed by atoms with E-state index in [9.17, 15) is 0 Å². The van der Waals surface area contributed by atoms with Crippen LogP contribution in [-0.2, 0) is 0 Å². The third-order valence-electron chi connectivity index (χ3n) is 18.8. The summed E-state index contributed by atoms with van der Waals surface area (Å²) in [5.74, 6) is 1.53. The first kappa shape index (κ1) is 48.9. The first-order valence-corrected chi connectivity index (χ1v) is 30.6. The molecule has 0 aliphatic carbocycles. The van der Waals surface area contributed by atoms with E-state index in [-0.39, 0.29) is 0 Å². The van der Waals surface area contributed by atoms with E-state index < -0.39 is 0 Å². The predicted octanol–water partition coefficient (Wildman–Crippen LogP) is 20.1. The van der Waals surface area contributed by atoms with E-state index in [1.807, 2.05) is 0 Å². The fraction of sp³-hybridized carbons (Fsp3) is 0. The molecule has 0 N–H and O–H groups in total. The highest BCUT2D eigenvalue weighted by molar-refractivity contribution is 6.31. The highest BCUT2D eigenvalue weighted by Gasteiger charge is 2.30. The van der Waals surface area contributed by atoms with Gasteiger partial charge in [0.25, 0.3) is 0 Å². The van der Waals surface area contributed by atoms with Crippen LogP contribution in [-0.4, -0.2) is 42.4 Å². The van der Waals surface area contributed by atoms with Crippen LogP contribution in [0.15, 0.2) is 297 Å². The monoisotopic (exact) mass is 1150 g/mol. The topological polar surface area (TPSA) is 68.2 Å². The highest BCUT2D eigenvalue weighted by Crippen LogP contribution is 2.49. The fourth-order valence-corrected chi connectivity index (χ4v) is 15.2. The van der Waals surface area contributed by atoms with Crippen molar-refractivity contribution in [3.8, 4) is 46.0 Å². The van der Waals surface area contributed by atoms with Crippen molar-refractivity contribution in [2.75, 3.05) is 0 Å². The van der Waals surface area contributed by atoms with Crippen LogP contribution in [0.3, 0.4) is 0 Å². The quantitative estimate of drug-likeness (QED) is 0.160. The van der Waals surface area contributed by atoms with E-state index in [4.69, 9.17) is 15.0 Å². The minimum absolute atomic E-state index is 0.490. The van der Waals surface area contributed by atoms with Gasteiger partial charge >= 0.3 is 0 Å². The van der Waals surface area contributed by atoms with Gasteiger partial charge in [-0.3, -0.25) is 9.13 Å². The normalized spacial score (nSPS) is 12.2. The highest BCUT2D eigenvalue weighted by atomic mass is 15.3. The molecule has 9 heteroatoms. The van der Waals surface area contributed by atoms with Gasteiger partial charge in [-0.25, -0.2) is 0 Å². The summed E-state index contributed by atoms with van der Waals surface area (Å²) in [6, 6.07) is 107. The number of aromatic nitrogens is 9. The van der Waals surface area contributed by atoms with Crippen LogP contribution >= 0.6 is 0 Å². The van der Waals surface area contributed by atoms with Gasteiger partial charge in [0, 0.05) is 92.9 Å². The number of hydrogen-bond acceptors (Lipinski definition) is 3. The maximum Gasteiger partial charge on any atom is 0.240 e. The molecule has 90 heavy (non-hydrogen) atoms. The SMILES string of the molecule is c1ccc(-c2nc(-n3c4ccccc4c4ccc5c6ccc7c8ccccc8n(-c8ccccc8)c7c6n(-c6ccccc6)c5c43)nc(-n3c4c(ccc5c6ccccc6n(-c6ccccc6)c54)c4ccc5c6ccccc6n(-c6ccccc6)c5c43)n2)cc1. The summed E-state index contributed by atoms with van der Waals surface area (Å²) in [6.07, 6.45) is 0. The molecule has 0 radical (unpaired) electrons. The average Bonchev–Trinajstić information content (AvgIpc) is 1.56. The summed E-state index contributed by atoms with van der Waals surface area (Å²) in [5.41, 5.74) is 17.8. The van der Waals surface area contributed by atoms with Crippen LogP contribution in [0.1, 0.15) is 0 Å². The Morgan fingerprint density at radius 3 is 0.744 bits per heavy atom. The largest absolute Gasteiger partial charge is 0.307 e. The van der Waals surface area contributed by atoms with E-state index in [1.54, 1.807) is 0 Å². The van der Waals surface area contributed by atoms with E-state index in [2.05, 4.69) is 325 Å². The molecule has 0 atom stereocenters. The van der Waals surface area contributed by atoms with E-state index >= 15 is 0 Å². The number of benzene rings is 13. The molecule has 0 fully saturated rings. The minimum Gasteiger partial charge on any atom is -0.307 e. The first-order chi connectivity index (χ1) is 44.7. The number of para-hydroxylation sites is 8. The van der Waals surface area contributed by atoms with Crippen molar-refractivity contribution in [1.29, 1.82) is 0 Å². The van der Waals surface area contributed by atoms with Crippen LogP contribution < -0.4 is 0 Å². The minimum atomic E-state index is 0.490. The smallest absolute Gasteiger partial charge is 0.240 e. The molecule has 418 valence electrons. The van der Waals surface area contributed by atoms with Crippen molar-refractivity contribution >= 4 is 131 Å². The summed E-state index contributed by atoms with van der Waals surface area (Å²) in [6.45, 7) is 0. The molecule has 0 spiro atoms. The molecular weight excluding hydrogens is 1100 g/mol. The second-order valence-electron chi connectivity index (χ2n) is 23.5. The Kier molecular flexibility index (Phi) is 10.1. The van der Waals surface area contributed by atoms with E-state index in [0.717, 1.165) is 148 Å². The molecule has 13 aromatic carbocycles. The molecule has 0 unspecified atom stereocenters. The molecule has 9 nitrogen and oxygen atoms in total. The lowest BCUT2D eigenvalue weighted by molar-refractivity contribution is 0.893. The third-order valence-corrected chi connectivity index (χ3v) is 18.8. The first-order valence-electron chi connectivity index (χ1n) is 30.6. The van der Waals surface area contributed by atoms with E-state index in [1.165, 1.54) is 10.8 Å². The number of hydrogen-bond donors (Lipinski definition) is 0. The summed E-state index contributed by atoms with van der Waals surface area (Å²) in [4.78, 5) is 17.6. The van der Waals surface area contributed by atoms with Crippen molar-refractivity contribution in [1.82, 2.24) is 42.4 Å². The van der Waals surface area contributed by atoms with Crippen molar-refractivity contribution in [2.45, 2.75) is 0 Å². The van der Waals surface area contributed by atoms with Crippen LogP contribution in [0.5, 0.6) is 0 Å². The van der Waals surface area contributed by atoms with Crippen LogP contribution in [0.2, 0.25) is 0 Å². The lowest BCUT2D eigenvalue weighted by Gasteiger charge is -2.16. The predicted molar refractivity (Wildman–Crippen MR) is 371 cm³/mol. The molecular formula is C81H49N9. The maximum atomic E-state index is 6.04. The Bertz CT molecular complexity index is 6200. The number of rotatable bonds is 7. The van der Waals surface area contributed by atoms with E-state index in [0.29, 0.717) is 17.7 Å². The number of nitrogens with zero attached hydrogens (tertiary/aromatic N) is 9. The lowest BCUT2D eigenvalue weighted by atomic mass is 10.1. The van der Waals surface area contributed by atoms with Crippen molar-refractivity contribution in [2.24, 2.45) is 0 Å². The average molecular weight is 1150 g/mol. The molecule has 7 aromatic heterocycles. The zero-order valence-electron chi connectivity index (χ0n) is 48.3. The molecule has 20 rings (SSSR count). The molecule has 0 aliphatic rings. The molecule has 7 heterocycles. The summed E-state index contributed by atoms with van der Waals surface area (Å²) < 4.78 is 14.5. The van der Waals surface area contributed by atoms with Gasteiger partial charge in [0.1, 0.15) is 0 Å². The maximum absolute atomic E-state index is 6.04. The van der Waals surface area contributed by atoms with Gasteiger partial charge in [-0.2, -0.15) is 15.0 Å². The van der Waals surface area contributed by atoms with Crippen molar-refractivity contribution in [3.63, 3.8) is 0 Å². The second kappa shape index (κ2) is 18.6. The van der Waals surface area contributed by atoms with Gasteiger partial charge in [0.05, 0.1) is 66.2 Å². The van der Waals surface area contributed by atoms with Gasteiger partial charge in [0.2, 0.25) is 11.9 Å². The molecule has 0 amide bonds. The Morgan fingerprint density at radius 1 is 0.167 bits per heavy atom. The Morgan fingerprint density at radius 2 is 0.400 bits per heavy atom. The zero-order chi connectivity index (χ0) is 58.7. The van der Waals surface area contributed by atoms with Crippen LogP contribution in [0.25, 0.3) is 177 Å². The van der Waals surface area contributed by atoms with Crippen molar-refractivity contribution in [3.05, 3.63) is 297 Å². The molecule has 20 aromatic rings. The van der Waals surface area contributed by atoms with Gasteiger partial charge in [-0.05, 0) is 72.8 Å². The van der Waals surface area contributed by atoms with Crippen molar-refractivity contribution < 1.29 is 0 Å². The van der Waals surface area contributed by atoms with Crippen LogP contribution in [0, 0.1) is 0 Å².